The highest BCUT2D eigenvalue weighted by Gasteiger charge is 2.30. The molecule has 1 aromatic rings. The van der Waals surface area contributed by atoms with Crippen LogP contribution in [0.15, 0.2) is 24.3 Å². The van der Waals surface area contributed by atoms with Crippen LogP contribution in [0.25, 0.3) is 0 Å². The first-order valence-corrected chi connectivity index (χ1v) is 5.18. The first-order valence-electron chi connectivity index (χ1n) is 5.18. The van der Waals surface area contributed by atoms with Gasteiger partial charge in [-0.2, -0.15) is 0 Å². The van der Waals surface area contributed by atoms with Gasteiger partial charge in [0.1, 0.15) is 6.04 Å². The maximum Gasteiger partial charge on any atom is 0.321 e. The van der Waals surface area contributed by atoms with Crippen molar-refractivity contribution in [1.29, 1.82) is 0 Å². The molecule has 0 aromatic heterocycles. The molecule has 4 N–H and O–H groups in total. The topological polar surface area (TPSA) is 101 Å². The summed E-state index contributed by atoms with van der Waals surface area (Å²) in [4.78, 5) is 21.7. The molecule has 5 nitrogen and oxygen atoms in total. The summed E-state index contributed by atoms with van der Waals surface area (Å²) in [6.07, 6.45) is 0.114. The van der Waals surface area contributed by atoms with Gasteiger partial charge >= 0.3 is 11.9 Å². The van der Waals surface area contributed by atoms with Crippen LogP contribution < -0.4 is 5.73 Å². The Bertz CT molecular complexity index is 413. The molecule has 0 bridgehead atoms. The number of hydrogen-bond donors (Lipinski definition) is 3. The van der Waals surface area contributed by atoms with E-state index >= 15 is 0 Å². The molecule has 5 heteroatoms. The van der Waals surface area contributed by atoms with Gasteiger partial charge in [-0.25, -0.2) is 0 Å². The van der Waals surface area contributed by atoms with Crippen LogP contribution in [0.4, 0.5) is 0 Å². The van der Waals surface area contributed by atoms with Crippen molar-refractivity contribution in [2.75, 3.05) is 0 Å². The van der Waals surface area contributed by atoms with E-state index in [1.807, 2.05) is 19.1 Å². The fourth-order valence-corrected chi connectivity index (χ4v) is 1.52. The number of aliphatic carboxylic acids is 2. The van der Waals surface area contributed by atoms with E-state index in [1.165, 1.54) is 0 Å². The summed E-state index contributed by atoms with van der Waals surface area (Å²) >= 11 is 0. The van der Waals surface area contributed by atoms with Gasteiger partial charge in [0.2, 0.25) is 0 Å². The van der Waals surface area contributed by atoms with Crippen LogP contribution in [0.1, 0.15) is 11.1 Å². The maximum atomic E-state index is 11.0. The fourth-order valence-electron chi connectivity index (χ4n) is 1.52. The van der Waals surface area contributed by atoms with Crippen LogP contribution in [0.3, 0.4) is 0 Å². The summed E-state index contributed by atoms with van der Waals surface area (Å²) in [6.45, 7) is 1.92. The maximum absolute atomic E-state index is 11.0. The van der Waals surface area contributed by atoms with Crippen molar-refractivity contribution in [3.05, 3.63) is 35.4 Å². The Labute approximate surface area is 98.9 Å². The van der Waals surface area contributed by atoms with Crippen molar-refractivity contribution in [3.8, 4) is 0 Å². The Balaban J connectivity index is 2.84. The first kappa shape index (κ1) is 13.2. The van der Waals surface area contributed by atoms with Crippen molar-refractivity contribution in [2.24, 2.45) is 11.7 Å². The second-order valence-electron chi connectivity index (χ2n) is 4.00. The molecule has 0 amide bonds. The summed E-state index contributed by atoms with van der Waals surface area (Å²) < 4.78 is 0. The number of aryl methyl sites for hydroxylation is 1. The molecule has 2 atom stereocenters. The second kappa shape index (κ2) is 5.45. The van der Waals surface area contributed by atoms with Crippen LogP contribution in [0, 0.1) is 12.8 Å². The van der Waals surface area contributed by atoms with Crippen molar-refractivity contribution in [1.82, 2.24) is 0 Å². The van der Waals surface area contributed by atoms with Crippen LogP contribution in [0.2, 0.25) is 0 Å². The largest absolute Gasteiger partial charge is 0.481 e. The highest BCUT2D eigenvalue weighted by Crippen LogP contribution is 2.13. The zero-order chi connectivity index (χ0) is 13.0. The van der Waals surface area contributed by atoms with E-state index in [0.29, 0.717) is 0 Å². The third-order valence-electron chi connectivity index (χ3n) is 2.61. The number of nitrogens with two attached hydrogens (primary N) is 1. The lowest BCUT2D eigenvalue weighted by Crippen LogP contribution is -2.43. The Morgan fingerprint density at radius 1 is 1.18 bits per heavy atom. The molecule has 0 saturated carbocycles. The minimum absolute atomic E-state index is 0.114. The summed E-state index contributed by atoms with van der Waals surface area (Å²) in [7, 11) is 0. The first-order chi connectivity index (χ1) is 7.91. The lowest BCUT2D eigenvalue weighted by Gasteiger charge is -2.16. The Morgan fingerprint density at radius 2 is 1.71 bits per heavy atom. The summed E-state index contributed by atoms with van der Waals surface area (Å²) in [5.74, 6) is -3.61. The molecule has 0 heterocycles. The Hall–Kier alpha value is -1.88. The number of benzene rings is 1. The molecule has 0 aliphatic carbocycles. The second-order valence-corrected chi connectivity index (χ2v) is 4.00. The van der Waals surface area contributed by atoms with Crippen LogP contribution >= 0.6 is 0 Å². The molecule has 0 saturated heterocycles. The van der Waals surface area contributed by atoms with Gasteiger partial charge in [0.25, 0.3) is 0 Å². The molecule has 1 aromatic carbocycles. The Kier molecular flexibility index (Phi) is 4.23. The molecule has 0 fully saturated rings. The molecular weight excluding hydrogens is 222 g/mol. The molecule has 92 valence electrons. The van der Waals surface area contributed by atoms with Gasteiger partial charge in [0.05, 0.1) is 5.92 Å². The SMILES string of the molecule is Cc1ccc(CC(C(=O)O)[C@H](N)C(=O)O)cc1. The number of carboxylic acid groups (broad SMARTS) is 2. The van der Waals surface area contributed by atoms with Crippen molar-refractivity contribution >= 4 is 11.9 Å². The highest BCUT2D eigenvalue weighted by molar-refractivity contribution is 5.82. The zero-order valence-electron chi connectivity index (χ0n) is 9.46. The molecule has 0 spiro atoms. The fraction of sp³-hybridized carbons (Fsp3) is 0.333. The normalized spacial score (nSPS) is 14.0. The molecule has 1 unspecified atom stereocenters. The van der Waals surface area contributed by atoms with Crippen molar-refractivity contribution in [2.45, 2.75) is 19.4 Å². The average Bonchev–Trinajstić information content (AvgIpc) is 2.26. The monoisotopic (exact) mass is 237 g/mol. The van der Waals surface area contributed by atoms with Crippen molar-refractivity contribution < 1.29 is 19.8 Å². The highest BCUT2D eigenvalue weighted by atomic mass is 16.4. The average molecular weight is 237 g/mol. The predicted octanol–water partition coefficient (Wildman–Crippen LogP) is 0.650. The van der Waals surface area contributed by atoms with Gasteiger partial charge in [-0.15, -0.1) is 0 Å². The lowest BCUT2D eigenvalue weighted by molar-refractivity contribution is -0.149. The van der Waals surface area contributed by atoms with E-state index < -0.39 is 23.9 Å². The predicted molar refractivity (Wildman–Crippen MR) is 61.6 cm³/mol. The van der Waals surface area contributed by atoms with Crippen LogP contribution in [0.5, 0.6) is 0 Å². The third kappa shape index (κ3) is 3.57. The van der Waals surface area contributed by atoms with E-state index in [9.17, 15) is 9.59 Å². The summed E-state index contributed by atoms with van der Waals surface area (Å²) in [5.41, 5.74) is 7.18. The van der Waals surface area contributed by atoms with E-state index in [0.717, 1.165) is 11.1 Å². The van der Waals surface area contributed by atoms with Gasteiger partial charge in [-0.1, -0.05) is 29.8 Å². The van der Waals surface area contributed by atoms with Gasteiger partial charge < -0.3 is 15.9 Å². The standard InChI is InChI=1S/C12H15NO4/c1-7-2-4-8(5-3-7)6-9(11(14)15)10(13)12(16)17/h2-5,9-10H,6,13H2,1H3,(H,14,15)(H,16,17)/t9?,10-/m0/s1. The van der Waals surface area contributed by atoms with E-state index in [1.54, 1.807) is 12.1 Å². The van der Waals surface area contributed by atoms with Gasteiger partial charge in [-0.3, -0.25) is 9.59 Å². The molecule has 0 aliphatic rings. The van der Waals surface area contributed by atoms with Gasteiger partial charge in [-0.05, 0) is 18.9 Å². The summed E-state index contributed by atoms with van der Waals surface area (Å²) in [5, 5.41) is 17.7. The zero-order valence-corrected chi connectivity index (χ0v) is 9.46. The van der Waals surface area contributed by atoms with E-state index in [2.05, 4.69) is 0 Å². The number of carbonyl (C=O) groups is 2. The molecule has 17 heavy (non-hydrogen) atoms. The minimum Gasteiger partial charge on any atom is -0.481 e. The number of carboxylic acids is 2. The van der Waals surface area contributed by atoms with Crippen LogP contribution in [-0.4, -0.2) is 28.2 Å². The van der Waals surface area contributed by atoms with E-state index in [-0.39, 0.29) is 6.42 Å². The number of rotatable bonds is 5. The molecule has 0 radical (unpaired) electrons. The van der Waals surface area contributed by atoms with Crippen LogP contribution in [-0.2, 0) is 16.0 Å². The van der Waals surface area contributed by atoms with Gasteiger partial charge in [0, 0.05) is 0 Å². The smallest absolute Gasteiger partial charge is 0.321 e. The minimum atomic E-state index is -1.39. The van der Waals surface area contributed by atoms with Gasteiger partial charge in [0.15, 0.2) is 0 Å². The molecule has 0 aliphatic heterocycles. The molecule has 1 rings (SSSR count). The third-order valence-corrected chi connectivity index (χ3v) is 2.61. The van der Waals surface area contributed by atoms with Crippen molar-refractivity contribution in [3.63, 3.8) is 0 Å². The lowest BCUT2D eigenvalue weighted by atomic mass is 9.92. The molecular formula is C12H15NO4. The Morgan fingerprint density at radius 3 is 2.12 bits per heavy atom. The summed E-state index contributed by atoms with van der Waals surface area (Å²) in [6, 6.07) is 5.86. The number of hydrogen-bond acceptors (Lipinski definition) is 3. The van der Waals surface area contributed by atoms with E-state index in [4.69, 9.17) is 15.9 Å². The quantitative estimate of drug-likeness (QED) is 0.698.